The molecule has 4 nitrogen and oxygen atoms in total. The molecule has 0 spiro atoms. The summed E-state index contributed by atoms with van der Waals surface area (Å²) < 4.78 is 5.49. The maximum absolute atomic E-state index is 12.9. The normalized spacial score (nSPS) is 32.8. The van der Waals surface area contributed by atoms with Crippen molar-refractivity contribution in [2.75, 3.05) is 26.3 Å². The summed E-state index contributed by atoms with van der Waals surface area (Å²) in [6, 6.07) is 0.266. The molecule has 2 atom stereocenters. The molecule has 2 aliphatic heterocycles. The van der Waals surface area contributed by atoms with Gasteiger partial charge in [0.25, 0.3) is 0 Å². The number of morpholine rings is 1. The van der Waals surface area contributed by atoms with Crippen molar-refractivity contribution in [3.05, 3.63) is 0 Å². The van der Waals surface area contributed by atoms with Gasteiger partial charge >= 0.3 is 0 Å². The molecule has 1 amide bonds. The first-order valence-corrected chi connectivity index (χ1v) is 7.37. The predicted octanol–water partition coefficient (Wildman–Crippen LogP) is 1.55. The second-order valence-corrected chi connectivity index (χ2v) is 5.50. The van der Waals surface area contributed by atoms with E-state index >= 15 is 0 Å². The van der Waals surface area contributed by atoms with E-state index in [9.17, 15) is 4.79 Å². The zero-order valence-corrected chi connectivity index (χ0v) is 11.7. The summed E-state index contributed by atoms with van der Waals surface area (Å²) in [5, 5.41) is 3.48. The minimum Gasteiger partial charge on any atom is -0.377 e. The lowest BCUT2D eigenvalue weighted by Gasteiger charge is -2.41. The number of nitrogens with zero attached hydrogens (tertiary/aromatic N) is 1. The summed E-state index contributed by atoms with van der Waals surface area (Å²) in [5.41, 5.74) is -0.278. The Morgan fingerprint density at radius 3 is 2.94 bits per heavy atom. The van der Waals surface area contributed by atoms with Crippen LogP contribution in [0.25, 0.3) is 0 Å². The van der Waals surface area contributed by atoms with E-state index in [2.05, 4.69) is 24.1 Å². The first-order valence-electron chi connectivity index (χ1n) is 7.37. The zero-order chi connectivity index (χ0) is 13.0. The lowest BCUT2D eigenvalue weighted by atomic mass is 9.89. The van der Waals surface area contributed by atoms with E-state index in [-0.39, 0.29) is 11.6 Å². The summed E-state index contributed by atoms with van der Waals surface area (Å²) >= 11 is 0. The third-order valence-electron chi connectivity index (χ3n) is 4.29. The molecule has 2 aliphatic rings. The van der Waals surface area contributed by atoms with E-state index in [0.29, 0.717) is 19.1 Å². The van der Waals surface area contributed by atoms with Crippen LogP contribution in [0.1, 0.15) is 46.0 Å². The third kappa shape index (κ3) is 2.54. The van der Waals surface area contributed by atoms with Gasteiger partial charge in [0.05, 0.1) is 24.8 Å². The molecule has 2 heterocycles. The van der Waals surface area contributed by atoms with E-state index < -0.39 is 0 Å². The molecular formula is C14H26N2O2. The van der Waals surface area contributed by atoms with Crippen molar-refractivity contribution in [2.45, 2.75) is 57.5 Å². The van der Waals surface area contributed by atoms with Crippen LogP contribution in [-0.4, -0.2) is 48.7 Å². The molecule has 0 saturated carbocycles. The third-order valence-corrected chi connectivity index (χ3v) is 4.29. The lowest BCUT2D eigenvalue weighted by Crippen LogP contribution is -2.60. The van der Waals surface area contributed by atoms with Gasteiger partial charge in [0.2, 0.25) is 5.91 Å². The van der Waals surface area contributed by atoms with Gasteiger partial charge in [-0.05, 0) is 32.2 Å². The second kappa shape index (κ2) is 6.02. The van der Waals surface area contributed by atoms with E-state index in [4.69, 9.17) is 4.74 Å². The van der Waals surface area contributed by atoms with E-state index in [0.717, 1.165) is 45.2 Å². The number of hydrogen-bond acceptors (Lipinski definition) is 3. The van der Waals surface area contributed by atoms with Crippen LogP contribution in [0.15, 0.2) is 0 Å². The first kappa shape index (κ1) is 13.8. The SMILES string of the molecule is CCCC1(C(=O)N2CCOCC2CC)CCCN1. The number of rotatable bonds is 4. The minimum absolute atomic E-state index is 0.266. The van der Waals surface area contributed by atoms with Crippen molar-refractivity contribution in [1.29, 1.82) is 0 Å². The molecule has 0 aromatic heterocycles. The predicted molar refractivity (Wildman–Crippen MR) is 71.5 cm³/mol. The Hall–Kier alpha value is -0.610. The van der Waals surface area contributed by atoms with Crippen LogP contribution in [0.4, 0.5) is 0 Å². The molecule has 0 radical (unpaired) electrons. The van der Waals surface area contributed by atoms with Gasteiger partial charge in [0.1, 0.15) is 0 Å². The number of amides is 1. The molecule has 4 heteroatoms. The molecule has 0 aromatic carbocycles. The summed E-state index contributed by atoms with van der Waals surface area (Å²) in [7, 11) is 0. The Kier molecular flexibility index (Phi) is 4.62. The fraction of sp³-hybridized carbons (Fsp3) is 0.929. The Morgan fingerprint density at radius 2 is 2.33 bits per heavy atom. The highest BCUT2D eigenvalue weighted by molar-refractivity contribution is 5.87. The smallest absolute Gasteiger partial charge is 0.243 e. The maximum atomic E-state index is 12.9. The van der Waals surface area contributed by atoms with Gasteiger partial charge < -0.3 is 15.0 Å². The molecule has 18 heavy (non-hydrogen) atoms. The number of ether oxygens (including phenoxy) is 1. The molecule has 104 valence electrons. The van der Waals surface area contributed by atoms with Gasteiger partial charge in [-0.25, -0.2) is 0 Å². The second-order valence-electron chi connectivity index (χ2n) is 5.50. The molecule has 0 bridgehead atoms. The molecule has 2 rings (SSSR count). The topological polar surface area (TPSA) is 41.6 Å². The van der Waals surface area contributed by atoms with Crippen molar-refractivity contribution >= 4 is 5.91 Å². The fourth-order valence-corrected chi connectivity index (χ4v) is 3.27. The van der Waals surface area contributed by atoms with Crippen molar-refractivity contribution in [1.82, 2.24) is 10.2 Å². The van der Waals surface area contributed by atoms with Gasteiger partial charge in [-0.2, -0.15) is 0 Å². The maximum Gasteiger partial charge on any atom is 0.243 e. The number of carbonyl (C=O) groups is 1. The van der Waals surface area contributed by atoms with Crippen LogP contribution in [0.2, 0.25) is 0 Å². The zero-order valence-electron chi connectivity index (χ0n) is 11.7. The molecule has 1 N–H and O–H groups in total. The highest BCUT2D eigenvalue weighted by atomic mass is 16.5. The number of nitrogens with one attached hydrogen (secondary N) is 1. The lowest BCUT2D eigenvalue weighted by molar-refractivity contribution is -0.147. The number of carbonyl (C=O) groups excluding carboxylic acids is 1. The number of hydrogen-bond donors (Lipinski definition) is 1. The first-order chi connectivity index (χ1) is 8.73. The Bertz CT molecular complexity index is 288. The quantitative estimate of drug-likeness (QED) is 0.827. The van der Waals surface area contributed by atoms with Crippen molar-refractivity contribution in [2.24, 2.45) is 0 Å². The fourth-order valence-electron chi connectivity index (χ4n) is 3.27. The van der Waals surface area contributed by atoms with Crippen molar-refractivity contribution in [3.63, 3.8) is 0 Å². The summed E-state index contributed by atoms with van der Waals surface area (Å²) in [5.74, 6) is 0.317. The highest BCUT2D eigenvalue weighted by Gasteiger charge is 2.44. The van der Waals surface area contributed by atoms with Crippen LogP contribution in [0.3, 0.4) is 0 Å². The van der Waals surface area contributed by atoms with Crippen LogP contribution in [0.5, 0.6) is 0 Å². The Morgan fingerprint density at radius 1 is 1.50 bits per heavy atom. The van der Waals surface area contributed by atoms with Crippen LogP contribution in [0, 0.1) is 0 Å². The average Bonchev–Trinajstić information content (AvgIpc) is 2.88. The minimum atomic E-state index is -0.278. The van der Waals surface area contributed by atoms with Gasteiger partial charge in [-0.15, -0.1) is 0 Å². The monoisotopic (exact) mass is 254 g/mol. The summed E-state index contributed by atoms with van der Waals surface area (Å²) in [6.07, 6.45) is 5.10. The Labute approximate surface area is 110 Å². The van der Waals surface area contributed by atoms with E-state index in [1.54, 1.807) is 0 Å². The van der Waals surface area contributed by atoms with E-state index in [1.807, 2.05) is 0 Å². The van der Waals surface area contributed by atoms with Crippen LogP contribution in [-0.2, 0) is 9.53 Å². The average molecular weight is 254 g/mol. The van der Waals surface area contributed by atoms with Gasteiger partial charge in [-0.1, -0.05) is 20.3 Å². The molecule has 2 unspecified atom stereocenters. The van der Waals surface area contributed by atoms with Crippen molar-refractivity contribution < 1.29 is 9.53 Å². The van der Waals surface area contributed by atoms with Gasteiger partial charge in [0, 0.05) is 6.54 Å². The molecule has 2 fully saturated rings. The molecular weight excluding hydrogens is 228 g/mol. The van der Waals surface area contributed by atoms with Gasteiger partial charge in [0.15, 0.2) is 0 Å². The summed E-state index contributed by atoms with van der Waals surface area (Å²) in [6.45, 7) is 7.41. The Balaban J connectivity index is 2.11. The standard InChI is InChI=1S/C14H26N2O2/c1-3-6-14(7-5-8-15-14)13(17)16-9-10-18-11-12(16)4-2/h12,15H,3-11H2,1-2H3. The highest BCUT2D eigenvalue weighted by Crippen LogP contribution is 2.28. The van der Waals surface area contributed by atoms with E-state index in [1.165, 1.54) is 0 Å². The van der Waals surface area contributed by atoms with Crippen LogP contribution >= 0.6 is 0 Å². The van der Waals surface area contributed by atoms with Crippen LogP contribution < -0.4 is 5.32 Å². The van der Waals surface area contributed by atoms with Crippen molar-refractivity contribution in [3.8, 4) is 0 Å². The van der Waals surface area contributed by atoms with Gasteiger partial charge in [-0.3, -0.25) is 4.79 Å². The molecule has 2 saturated heterocycles. The molecule has 0 aromatic rings. The summed E-state index contributed by atoms with van der Waals surface area (Å²) in [4.78, 5) is 15.0. The molecule has 0 aliphatic carbocycles. The largest absolute Gasteiger partial charge is 0.377 e.